The molecule has 3 N–H and O–H groups in total. The van der Waals surface area contributed by atoms with Gasteiger partial charge >= 0.3 is 6.03 Å². The molecule has 0 fully saturated rings. The van der Waals surface area contributed by atoms with Crippen molar-refractivity contribution in [3.8, 4) is 5.75 Å². The Bertz CT molecular complexity index is 804. The number of carbonyl (C=O) groups is 2. The molecule has 3 rings (SSSR count). The van der Waals surface area contributed by atoms with E-state index in [9.17, 15) is 9.59 Å². The summed E-state index contributed by atoms with van der Waals surface area (Å²) in [6.07, 6.45) is 0.717. The third kappa shape index (κ3) is 4.33. The van der Waals surface area contributed by atoms with E-state index < -0.39 is 0 Å². The number of anilines is 2. The van der Waals surface area contributed by atoms with Crippen LogP contribution in [0.1, 0.15) is 31.9 Å². The largest absolute Gasteiger partial charge is 0.493 e. The van der Waals surface area contributed by atoms with Gasteiger partial charge < -0.3 is 20.7 Å². The molecule has 1 atom stereocenters. The Morgan fingerprint density at radius 3 is 2.54 bits per heavy atom. The minimum absolute atomic E-state index is 0.0644. The number of nitrogens with one attached hydrogen (secondary N) is 3. The number of rotatable bonds is 4. The van der Waals surface area contributed by atoms with Crippen molar-refractivity contribution in [2.24, 2.45) is 5.92 Å². The van der Waals surface area contributed by atoms with Gasteiger partial charge in [-0.1, -0.05) is 38.1 Å². The van der Waals surface area contributed by atoms with E-state index in [-0.39, 0.29) is 23.9 Å². The maximum absolute atomic E-state index is 12.4. The maximum Gasteiger partial charge on any atom is 0.319 e. The predicted molar refractivity (Wildman–Crippen MR) is 101 cm³/mol. The van der Waals surface area contributed by atoms with Gasteiger partial charge in [-0.2, -0.15) is 0 Å². The van der Waals surface area contributed by atoms with Crippen LogP contribution in [-0.2, 0) is 4.79 Å². The van der Waals surface area contributed by atoms with E-state index in [2.05, 4.69) is 16.0 Å². The first-order valence-electron chi connectivity index (χ1n) is 8.73. The van der Waals surface area contributed by atoms with Crippen molar-refractivity contribution >= 4 is 23.3 Å². The number of amides is 3. The van der Waals surface area contributed by atoms with Crippen LogP contribution in [0.2, 0.25) is 0 Å². The molecule has 0 aromatic heterocycles. The number of urea groups is 1. The lowest BCUT2D eigenvalue weighted by Gasteiger charge is -2.26. The standard InChI is InChI=1S/C20H23N3O3/c1-13(2)19(24)21-14-6-5-7-15(12-14)22-20(25)23-17-10-11-26-18-9-4-3-8-16(17)18/h3-9,12-13,17H,10-11H2,1-2H3,(H,21,24)(H2,22,23,25). The molecule has 1 heterocycles. The number of carbonyl (C=O) groups excluding carboxylic acids is 2. The summed E-state index contributed by atoms with van der Waals surface area (Å²) in [6, 6.07) is 14.4. The van der Waals surface area contributed by atoms with E-state index >= 15 is 0 Å². The van der Waals surface area contributed by atoms with Crippen molar-refractivity contribution < 1.29 is 14.3 Å². The molecule has 0 saturated heterocycles. The summed E-state index contributed by atoms with van der Waals surface area (Å²) in [5, 5.41) is 8.63. The second-order valence-electron chi connectivity index (χ2n) is 6.55. The molecule has 6 heteroatoms. The zero-order chi connectivity index (χ0) is 18.5. The number of fused-ring (bicyclic) bond motifs is 1. The molecule has 1 unspecified atom stereocenters. The van der Waals surface area contributed by atoms with Crippen molar-refractivity contribution in [2.45, 2.75) is 26.3 Å². The molecular formula is C20H23N3O3. The van der Waals surface area contributed by atoms with E-state index in [1.807, 2.05) is 38.1 Å². The normalized spacial score (nSPS) is 15.6. The van der Waals surface area contributed by atoms with Gasteiger partial charge in [-0.15, -0.1) is 0 Å². The van der Waals surface area contributed by atoms with Crippen molar-refractivity contribution in [3.05, 3.63) is 54.1 Å². The number of hydrogen-bond donors (Lipinski definition) is 3. The summed E-state index contributed by atoms with van der Waals surface area (Å²) in [6.45, 7) is 4.23. The fourth-order valence-corrected chi connectivity index (χ4v) is 2.78. The Labute approximate surface area is 152 Å². The minimum Gasteiger partial charge on any atom is -0.493 e. The van der Waals surface area contributed by atoms with Crippen LogP contribution in [0.5, 0.6) is 5.75 Å². The lowest BCUT2D eigenvalue weighted by Crippen LogP contribution is -2.35. The van der Waals surface area contributed by atoms with Gasteiger partial charge in [-0.25, -0.2) is 4.79 Å². The Morgan fingerprint density at radius 2 is 1.77 bits per heavy atom. The zero-order valence-electron chi connectivity index (χ0n) is 14.9. The van der Waals surface area contributed by atoms with Gasteiger partial charge in [0.05, 0.1) is 12.6 Å². The fourth-order valence-electron chi connectivity index (χ4n) is 2.78. The Kier molecular flexibility index (Phi) is 5.41. The van der Waals surface area contributed by atoms with Crippen LogP contribution in [0.3, 0.4) is 0 Å². The molecule has 1 aliphatic rings. The predicted octanol–water partition coefficient (Wildman–Crippen LogP) is 3.93. The summed E-state index contributed by atoms with van der Waals surface area (Å²) in [4.78, 5) is 24.2. The number of benzene rings is 2. The Morgan fingerprint density at radius 1 is 1.04 bits per heavy atom. The highest BCUT2D eigenvalue weighted by Crippen LogP contribution is 2.31. The van der Waals surface area contributed by atoms with Gasteiger partial charge in [0.2, 0.25) is 5.91 Å². The molecule has 2 aromatic rings. The Hall–Kier alpha value is -3.02. The van der Waals surface area contributed by atoms with E-state index in [4.69, 9.17) is 4.74 Å². The van der Waals surface area contributed by atoms with E-state index in [0.717, 1.165) is 17.7 Å². The topological polar surface area (TPSA) is 79.5 Å². The second-order valence-corrected chi connectivity index (χ2v) is 6.55. The van der Waals surface area contributed by atoms with Crippen molar-refractivity contribution in [3.63, 3.8) is 0 Å². The highest BCUT2D eigenvalue weighted by atomic mass is 16.5. The average Bonchev–Trinajstić information content (AvgIpc) is 2.62. The highest BCUT2D eigenvalue weighted by molar-refractivity contribution is 5.94. The fraction of sp³-hybridized carbons (Fsp3) is 0.300. The van der Waals surface area contributed by atoms with Crippen molar-refractivity contribution in [2.75, 3.05) is 17.2 Å². The number of hydrogen-bond acceptors (Lipinski definition) is 3. The summed E-state index contributed by atoms with van der Waals surface area (Å²) in [5.41, 5.74) is 2.24. The van der Waals surface area contributed by atoms with Gasteiger partial charge in [0.25, 0.3) is 0 Å². The lowest BCUT2D eigenvalue weighted by molar-refractivity contribution is -0.118. The highest BCUT2D eigenvalue weighted by Gasteiger charge is 2.22. The van der Waals surface area contributed by atoms with Crippen LogP contribution in [0.25, 0.3) is 0 Å². The SMILES string of the molecule is CC(C)C(=O)Nc1cccc(NC(=O)NC2CCOc3ccccc32)c1. The van der Waals surface area contributed by atoms with E-state index in [1.165, 1.54) is 0 Å². The summed E-state index contributed by atoms with van der Waals surface area (Å²) in [7, 11) is 0. The van der Waals surface area contributed by atoms with Gasteiger partial charge in [0, 0.05) is 29.3 Å². The molecule has 3 amide bonds. The first-order chi connectivity index (χ1) is 12.5. The number of para-hydroxylation sites is 1. The van der Waals surface area contributed by atoms with Gasteiger partial charge in [-0.05, 0) is 24.3 Å². The quantitative estimate of drug-likeness (QED) is 0.779. The maximum atomic E-state index is 12.4. The number of ether oxygens (including phenoxy) is 1. The van der Waals surface area contributed by atoms with Crippen molar-refractivity contribution in [1.82, 2.24) is 5.32 Å². The molecule has 26 heavy (non-hydrogen) atoms. The monoisotopic (exact) mass is 353 g/mol. The van der Waals surface area contributed by atoms with Crippen molar-refractivity contribution in [1.29, 1.82) is 0 Å². The summed E-state index contributed by atoms with van der Waals surface area (Å²) < 4.78 is 5.61. The first-order valence-corrected chi connectivity index (χ1v) is 8.73. The molecule has 1 aliphatic heterocycles. The molecule has 0 radical (unpaired) electrons. The van der Waals surface area contributed by atoms with E-state index in [0.29, 0.717) is 18.0 Å². The smallest absolute Gasteiger partial charge is 0.319 e. The minimum atomic E-state index is -0.293. The van der Waals surface area contributed by atoms with Crippen LogP contribution in [0, 0.1) is 5.92 Å². The van der Waals surface area contributed by atoms with Gasteiger partial charge in [-0.3, -0.25) is 4.79 Å². The molecule has 2 aromatic carbocycles. The van der Waals surface area contributed by atoms with Crippen LogP contribution in [0.15, 0.2) is 48.5 Å². The summed E-state index contributed by atoms with van der Waals surface area (Å²) >= 11 is 0. The molecule has 0 spiro atoms. The molecule has 0 aliphatic carbocycles. The van der Waals surface area contributed by atoms with Gasteiger partial charge in [0.15, 0.2) is 0 Å². The second kappa shape index (κ2) is 7.91. The molecule has 136 valence electrons. The van der Waals surface area contributed by atoms with E-state index in [1.54, 1.807) is 24.3 Å². The molecule has 0 saturated carbocycles. The third-order valence-corrected chi connectivity index (χ3v) is 4.18. The van der Waals surface area contributed by atoms with Crippen LogP contribution in [0.4, 0.5) is 16.2 Å². The molecule has 6 nitrogen and oxygen atoms in total. The van der Waals surface area contributed by atoms with Gasteiger partial charge in [0.1, 0.15) is 5.75 Å². The molecule has 0 bridgehead atoms. The van der Waals surface area contributed by atoms with Crippen LogP contribution < -0.4 is 20.7 Å². The van der Waals surface area contributed by atoms with Crippen LogP contribution in [-0.4, -0.2) is 18.5 Å². The first kappa shape index (κ1) is 17.8. The van der Waals surface area contributed by atoms with Crippen LogP contribution >= 0.6 is 0 Å². The average molecular weight is 353 g/mol. The lowest BCUT2D eigenvalue weighted by atomic mass is 10.0. The third-order valence-electron chi connectivity index (χ3n) is 4.18. The molecular weight excluding hydrogens is 330 g/mol. The Balaban J connectivity index is 1.63. The zero-order valence-corrected chi connectivity index (χ0v) is 14.9. The summed E-state index contributed by atoms with van der Waals surface area (Å²) in [5.74, 6) is 0.636.